The van der Waals surface area contributed by atoms with E-state index in [4.69, 9.17) is 10.1 Å². The second kappa shape index (κ2) is 20.4. The predicted octanol–water partition coefficient (Wildman–Crippen LogP) is 4.98. The van der Waals surface area contributed by atoms with Gasteiger partial charge in [-0.15, -0.1) is 0 Å². The van der Waals surface area contributed by atoms with E-state index in [1.807, 2.05) is 109 Å². The van der Waals surface area contributed by atoms with Gasteiger partial charge in [-0.1, -0.05) is 116 Å². The van der Waals surface area contributed by atoms with Gasteiger partial charge in [0.2, 0.25) is 17.7 Å². The molecule has 13 nitrogen and oxygen atoms in total. The summed E-state index contributed by atoms with van der Waals surface area (Å²) in [4.78, 5) is 64.4. The molecule has 0 spiro atoms. The van der Waals surface area contributed by atoms with Crippen LogP contribution >= 0.6 is 12.6 Å². The van der Waals surface area contributed by atoms with Gasteiger partial charge in [0, 0.05) is 37.6 Å². The van der Waals surface area contributed by atoms with Gasteiger partial charge < -0.3 is 26.0 Å². The topological polar surface area (TPSA) is 193 Å². The van der Waals surface area contributed by atoms with Gasteiger partial charge in [-0.05, 0) is 39.5 Å². The Labute approximate surface area is 341 Å². The smallest absolute Gasteiger partial charge is 0.329 e. The number of esters is 1. The summed E-state index contributed by atoms with van der Waals surface area (Å²) in [5.41, 5.74) is 5.15. The summed E-state index contributed by atoms with van der Waals surface area (Å²) < 4.78 is 4.83. The van der Waals surface area contributed by atoms with Crippen LogP contribution in [0.4, 0.5) is 0 Å². The normalized spacial score (nSPS) is 13.8. The van der Waals surface area contributed by atoms with Crippen LogP contribution in [0.5, 0.6) is 0 Å². The van der Waals surface area contributed by atoms with Gasteiger partial charge >= 0.3 is 5.97 Å². The zero-order valence-electron chi connectivity index (χ0n) is 31.8. The van der Waals surface area contributed by atoms with Gasteiger partial charge in [-0.25, -0.2) is 4.79 Å². The SMILES string of the molecule is C=C1C(=N)C(NCCC(=O)NC(Cc2ccc(-c3ccccc3)cc2)C(=O)NC(Cc2ccc(-c3ccccc3)cc2)C(=O)NC(CS)C(=O)OC)=CC=C1[N+](=O)[O-]. The molecule has 58 heavy (non-hydrogen) atoms. The predicted molar refractivity (Wildman–Crippen MR) is 225 cm³/mol. The highest BCUT2D eigenvalue weighted by Gasteiger charge is 2.30. The Morgan fingerprint density at radius 2 is 1.19 bits per heavy atom. The summed E-state index contributed by atoms with van der Waals surface area (Å²) in [6.45, 7) is 3.67. The summed E-state index contributed by atoms with van der Waals surface area (Å²) in [5, 5.41) is 30.7. The zero-order valence-corrected chi connectivity index (χ0v) is 32.7. The molecule has 0 heterocycles. The molecular weight excluding hydrogens is 757 g/mol. The number of hydrogen-bond donors (Lipinski definition) is 6. The molecule has 4 aromatic carbocycles. The molecule has 0 aliphatic heterocycles. The van der Waals surface area contributed by atoms with E-state index in [2.05, 4.69) is 40.5 Å². The molecule has 1 aliphatic rings. The Hall–Kier alpha value is -6.80. The number of nitrogens with one attached hydrogen (secondary N) is 5. The first-order valence-electron chi connectivity index (χ1n) is 18.4. The van der Waals surface area contributed by atoms with Crippen LogP contribution in [0.2, 0.25) is 0 Å². The summed E-state index contributed by atoms with van der Waals surface area (Å²) in [6, 6.07) is 31.3. The van der Waals surface area contributed by atoms with Crippen molar-refractivity contribution in [3.05, 3.63) is 166 Å². The highest BCUT2D eigenvalue weighted by atomic mass is 32.1. The van der Waals surface area contributed by atoms with E-state index in [0.717, 1.165) is 33.4 Å². The molecule has 1 aliphatic carbocycles. The standard InChI is InChI=1S/C44H44N6O7S/c1-28-39(50(55)56)22-21-35(41(28)45)46-24-23-40(51)47-36(25-29-13-17-33(18-14-29)31-9-5-3-6-10-31)42(52)48-37(43(53)49-38(27-58)44(54)57-2)26-30-15-19-34(20-16-30)32-11-7-4-8-12-32/h3-22,36-38,45-46,58H,1,23-27H2,2H3,(H,47,51)(H,48,52)(H,49,53). The minimum absolute atomic E-state index is 0.0394. The number of nitro groups is 1. The van der Waals surface area contributed by atoms with Gasteiger partial charge in [0.05, 0.1) is 29.0 Å². The van der Waals surface area contributed by atoms with E-state index >= 15 is 0 Å². The van der Waals surface area contributed by atoms with Crippen LogP contribution in [-0.2, 0) is 36.8 Å². The molecule has 0 aromatic heterocycles. The number of amides is 3. The second-order valence-electron chi connectivity index (χ2n) is 13.4. The van der Waals surface area contributed by atoms with Crippen molar-refractivity contribution in [2.45, 2.75) is 37.4 Å². The van der Waals surface area contributed by atoms with Crippen LogP contribution < -0.4 is 21.3 Å². The first-order chi connectivity index (χ1) is 28.0. The number of benzene rings is 4. The molecule has 0 bridgehead atoms. The number of nitrogens with zero attached hydrogens (tertiary/aromatic N) is 1. The summed E-state index contributed by atoms with van der Waals surface area (Å²) >= 11 is 4.20. The Morgan fingerprint density at radius 3 is 1.66 bits per heavy atom. The lowest BCUT2D eigenvalue weighted by atomic mass is 9.98. The first-order valence-corrected chi connectivity index (χ1v) is 19.1. The van der Waals surface area contributed by atoms with Gasteiger partial charge in [-0.2, -0.15) is 12.6 Å². The maximum absolute atomic E-state index is 14.2. The molecular formula is C44H44N6O7S. The molecule has 3 atom stereocenters. The van der Waals surface area contributed by atoms with Crippen molar-refractivity contribution < 1.29 is 28.8 Å². The Morgan fingerprint density at radius 1 is 0.724 bits per heavy atom. The number of rotatable bonds is 18. The Bertz CT molecular complexity index is 2210. The minimum atomic E-state index is -1.17. The first kappa shape index (κ1) is 42.3. The third-order valence-electron chi connectivity index (χ3n) is 9.42. The highest BCUT2D eigenvalue weighted by Crippen LogP contribution is 2.22. The molecule has 5 N–H and O–H groups in total. The summed E-state index contributed by atoms with van der Waals surface area (Å²) in [5.74, 6) is -2.54. The number of allylic oxidation sites excluding steroid dienone is 4. The molecule has 3 unspecified atom stereocenters. The number of hydrogen-bond acceptors (Lipinski definition) is 10. The third kappa shape index (κ3) is 11.4. The number of carbonyl (C=O) groups is 4. The van der Waals surface area contributed by atoms with E-state index < -0.39 is 46.7 Å². The number of carbonyl (C=O) groups excluding carboxylic acids is 4. The van der Waals surface area contributed by atoms with Crippen molar-refractivity contribution in [3.63, 3.8) is 0 Å². The lowest BCUT2D eigenvalue weighted by molar-refractivity contribution is -0.420. The van der Waals surface area contributed by atoms with Crippen molar-refractivity contribution in [3.8, 4) is 22.3 Å². The fraction of sp³-hybridized carbons (Fsp3) is 0.205. The monoisotopic (exact) mass is 800 g/mol. The molecule has 14 heteroatoms. The lowest BCUT2D eigenvalue weighted by Gasteiger charge is -2.25. The molecule has 0 radical (unpaired) electrons. The number of methoxy groups -OCH3 is 1. The number of ether oxygens (including phenoxy) is 1. The van der Waals surface area contributed by atoms with Crippen molar-refractivity contribution >= 4 is 42.0 Å². The largest absolute Gasteiger partial charge is 0.467 e. The van der Waals surface area contributed by atoms with Crippen molar-refractivity contribution in [1.29, 1.82) is 5.41 Å². The zero-order chi connectivity index (χ0) is 41.6. The molecule has 0 saturated carbocycles. The third-order valence-corrected chi connectivity index (χ3v) is 9.79. The van der Waals surface area contributed by atoms with Crippen LogP contribution in [0.3, 0.4) is 0 Å². The van der Waals surface area contributed by atoms with Crippen molar-refractivity contribution in [2.75, 3.05) is 19.4 Å². The highest BCUT2D eigenvalue weighted by molar-refractivity contribution is 7.80. The van der Waals surface area contributed by atoms with E-state index in [-0.39, 0.29) is 54.2 Å². The van der Waals surface area contributed by atoms with Crippen LogP contribution in [0.25, 0.3) is 22.3 Å². The van der Waals surface area contributed by atoms with Gasteiger partial charge in [-0.3, -0.25) is 29.9 Å². The second-order valence-corrected chi connectivity index (χ2v) is 13.8. The average molecular weight is 801 g/mol. The number of thiol groups is 1. The minimum Gasteiger partial charge on any atom is -0.467 e. The lowest BCUT2D eigenvalue weighted by Crippen LogP contribution is -2.57. The van der Waals surface area contributed by atoms with Gasteiger partial charge in [0.25, 0.3) is 5.70 Å². The quantitative estimate of drug-likeness (QED) is 0.0351. The van der Waals surface area contributed by atoms with E-state index in [1.165, 1.54) is 19.3 Å². The van der Waals surface area contributed by atoms with Gasteiger partial charge in [0.15, 0.2) is 0 Å². The molecule has 0 saturated heterocycles. The maximum Gasteiger partial charge on any atom is 0.329 e. The van der Waals surface area contributed by atoms with Crippen LogP contribution in [0, 0.1) is 15.5 Å². The maximum atomic E-state index is 14.2. The molecule has 5 rings (SSSR count). The molecule has 4 aromatic rings. The Kier molecular flexibility index (Phi) is 14.9. The molecule has 298 valence electrons. The van der Waals surface area contributed by atoms with Gasteiger partial charge in [0.1, 0.15) is 18.1 Å². The van der Waals surface area contributed by atoms with E-state index in [0.29, 0.717) is 0 Å². The fourth-order valence-corrected chi connectivity index (χ4v) is 6.46. The van der Waals surface area contributed by atoms with Crippen molar-refractivity contribution in [1.82, 2.24) is 21.3 Å². The average Bonchev–Trinajstić information content (AvgIpc) is 3.24. The van der Waals surface area contributed by atoms with Crippen molar-refractivity contribution in [2.24, 2.45) is 0 Å². The van der Waals surface area contributed by atoms with Crippen LogP contribution in [-0.4, -0.2) is 71.9 Å². The Balaban J connectivity index is 1.36. The molecule has 3 amide bonds. The van der Waals surface area contributed by atoms with Crippen LogP contribution in [0.1, 0.15) is 17.5 Å². The fourth-order valence-electron chi connectivity index (χ4n) is 6.22. The van der Waals surface area contributed by atoms with E-state index in [1.54, 1.807) is 0 Å². The van der Waals surface area contributed by atoms with Crippen LogP contribution in [0.15, 0.2) is 145 Å². The molecule has 0 fully saturated rings. The summed E-state index contributed by atoms with van der Waals surface area (Å²) in [7, 11) is 1.20. The summed E-state index contributed by atoms with van der Waals surface area (Å²) in [6.07, 6.45) is 2.62. The van der Waals surface area contributed by atoms with E-state index in [9.17, 15) is 29.3 Å².